The van der Waals surface area contributed by atoms with Crippen molar-refractivity contribution in [3.05, 3.63) is 16.4 Å². The summed E-state index contributed by atoms with van der Waals surface area (Å²) in [6.45, 7) is 6.39. The van der Waals surface area contributed by atoms with Crippen molar-refractivity contribution in [3.63, 3.8) is 0 Å². The zero-order valence-corrected chi connectivity index (χ0v) is 10.0. The molecule has 1 aromatic rings. The molecule has 0 aliphatic heterocycles. The second-order valence-corrected chi connectivity index (χ2v) is 3.68. The van der Waals surface area contributed by atoms with E-state index in [2.05, 4.69) is 15.4 Å². The van der Waals surface area contributed by atoms with Crippen LogP contribution in [0, 0.1) is 10.1 Å². The molecule has 0 radical (unpaired) electrons. The van der Waals surface area contributed by atoms with Gasteiger partial charge in [-0.3, -0.25) is 10.1 Å². The van der Waals surface area contributed by atoms with Crippen molar-refractivity contribution in [1.29, 1.82) is 0 Å². The highest BCUT2D eigenvalue weighted by Crippen LogP contribution is 2.31. The highest BCUT2D eigenvalue weighted by atomic mass is 16.6. The van der Waals surface area contributed by atoms with E-state index in [0.29, 0.717) is 6.54 Å². The molecule has 1 heterocycles. The van der Waals surface area contributed by atoms with Gasteiger partial charge in [-0.05, 0) is 20.8 Å². The van der Waals surface area contributed by atoms with Gasteiger partial charge in [0.1, 0.15) is 6.33 Å². The molecule has 0 spiro atoms. The predicted octanol–water partition coefficient (Wildman–Crippen LogP) is 0.905. The summed E-state index contributed by atoms with van der Waals surface area (Å²) in [4.78, 5) is 20.0. The Morgan fingerprint density at radius 1 is 1.59 bits per heavy atom. The van der Waals surface area contributed by atoms with Crippen LogP contribution >= 0.6 is 0 Å². The topological polar surface area (TPSA) is 110 Å². The minimum atomic E-state index is -0.532. The van der Waals surface area contributed by atoms with Crippen molar-refractivity contribution >= 4 is 17.3 Å². The van der Waals surface area contributed by atoms with Gasteiger partial charge < -0.3 is 10.3 Å². The van der Waals surface area contributed by atoms with Gasteiger partial charge in [-0.25, -0.2) is 15.8 Å². The fraction of sp³-hybridized carbons (Fsp3) is 0.556. The van der Waals surface area contributed by atoms with E-state index in [-0.39, 0.29) is 23.4 Å². The quantitative estimate of drug-likeness (QED) is 0.447. The van der Waals surface area contributed by atoms with Crippen molar-refractivity contribution in [2.24, 2.45) is 5.84 Å². The van der Waals surface area contributed by atoms with Gasteiger partial charge in [0.15, 0.2) is 0 Å². The molecule has 0 aliphatic rings. The van der Waals surface area contributed by atoms with E-state index in [1.165, 1.54) is 6.33 Å². The lowest BCUT2D eigenvalue weighted by atomic mass is 10.3. The summed E-state index contributed by atoms with van der Waals surface area (Å²) in [6.07, 6.45) is 1.25. The third-order valence-corrected chi connectivity index (χ3v) is 2.36. The van der Waals surface area contributed by atoms with Crippen molar-refractivity contribution in [2.45, 2.75) is 26.8 Å². The summed E-state index contributed by atoms with van der Waals surface area (Å²) >= 11 is 0. The van der Waals surface area contributed by atoms with Gasteiger partial charge >= 0.3 is 5.69 Å². The average molecular weight is 240 g/mol. The van der Waals surface area contributed by atoms with E-state index >= 15 is 0 Å². The molecule has 0 atom stereocenters. The standard InChI is InChI=1S/C9H16N6O2/c1-4-14(6(2)3)9-7(15(16)17)8(13-10)11-5-12-9/h5-6H,4,10H2,1-3H3,(H,11,12,13). The van der Waals surface area contributed by atoms with E-state index in [9.17, 15) is 10.1 Å². The van der Waals surface area contributed by atoms with Crippen LogP contribution in [0.15, 0.2) is 6.33 Å². The fourth-order valence-corrected chi connectivity index (χ4v) is 1.61. The normalized spacial score (nSPS) is 10.4. The number of anilines is 2. The van der Waals surface area contributed by atoms with Crippen LogP contribution in [-0.2, 0) is 0 Å². The summed E-state index contributed by atoms with van der Waals surface area (Å²) in [5, 5.41) is 11.0. The Morgan fingerprint density at radius 2 is 2.24 bits per heavy atom. The molecule has 0 aliphatic carbocycles. The Morgan fingerprint density at radius 3 is 2.65 bits per heavy atom. The number of nitrogens with one attached hydrogen (secondary N) is 1. The van der Waals surface area contributed by atoms with Crippen LogP contribution < -0.4 is 16.2 Å². The number of hydrogen-bond acceptors (Lipinski definition) is 7. The van der Waals surface area contributed by atoms with Gasteiger partial charge in [0.05, 0.1) is 4.92 Å². The first-order valence-electron chi connectivity index (χ1n) is 5.25. The van der Waals surface area contributed by atoms with Crippen LogP contribution in [0.2, 0.25) is 0 Å². The largest absolute Gasteiger partial charge is 0.354 e. The van der Waals surface area contributed by atoms with Gasteiger partial charge in [-0.2, -0.15) is 0 Å². The number of hydrogen-bond donors (Lipinski definition) is 2. The van der Waals surface area contributed by atoms with E-state index in [1.807, 2.05) is 20.8 Å². The maximum absolute atomic E-state index is 11.0. The van der Waals surface area contributed by atoms with Crippen LogP contribution in [0.25, 0.3) is 0 Å². The molecule has 1 aromatic heterocycles. The van der Waals surface area contributed by atoms with E-state index in [4.69, 9.17) is 5.84 Å². The molecule has 8 nitrogen and oxygen atoms in total. The molecule has 0 bridgehead atoms. The SMILES string of the molecule is CCN(c1ncnc(NN)c1[N+](=O)[O-])C(C)C. The first kappa shape index (κ1) is 13.1. The molecule has 3 N–H and O–H groups in total. The zero-order chi connectivity index (χ0) is 13.0. The van der Waals surface area contributed by atoms with Crippen LogP contribution in [0.1, 0.15) is 20.8 Å². The Hall–Kier alpha value is -1.96. The highest BCUT2D eigenvalue weighted by Gasteiger charge is 2.27. The monoisotopic (exact) mass is 240 g/mol. The smallest absolute Gasteiger partial charge is 0.349 e. The lowest BCUT2D eigenvalue weighted by Gasteiger charge is -2.25. The molecule has 0 unspecified atom stereocenters. The molecule has 0 saturated heterocycles. The molecule has 0 amide bonds. The second-order valence-electron chi connectivity index (χ2n) is 3.68. The maximum Gasteiger partial charge on any atom is 0.354 e. The van der Waals surface area contributed by atoms with E-state index in [1.54, 1.807) is 4.90 Å². The lowest BCUT2D eigenvalue weighted by Crippen LogP contribution is -2.32. The molecule has 0 fully saturated rings. The van der Waals surface area contributed by atoms with Crippen molar-refractivity contribution in [2.75, 3.05) is 16.9 Å². The van der Waals surface area contributed by atoms with Crippen LogP contribution in [-0.4, -0.2) is 27.5 Å². The second kappa shape index (κ2) is 5.39. The fourth-order valence-electron chi connectivity index (χ4n) is 1.61. The zero-order valence-electron chi connectivity index (χ0n) is 10.0. The molecular formula is C9H16N6O2. The summed E-state index contributed by atoms with van der Waals surface area (Å²) in [5.41, 5.74) is 2.01. The Labute approximate surface area is 99.0 Å². The highest BCUT2D eigenvalue weighted by molar-refractivity contribution is 5.70. The Kier molecular flexibility index (Phi) is 4.16. The van der Waals surface area contributed by atoms with Crippen molar-refractivity contribution in [1.82, 2.24) is 9.97 Å². The molecule has 94 valence electrons. The Bertz CT molecular complexity index is 408. The van der Waals surface area contributed by atoms with E-state index < -0.39 is 4.92 Å². The molecule has 0 saturated carbocycles. The number of nitro groups is 1. The third-order valence-electron chi connectivity index (χ3n) is 2.36. The predicted molar refractivity (Wildman–Crippen MR) is 64.7 cm³/mol. The minimum Gasteiger partial charge on any atom is -0.349 e. The first-order valence-corrected chi connectivity index (χ1v) is 5.25. The molecule has 17 heavy (non-hydrogen) atoms. The molecule has 1 rings (SSSR count). The van der Waals surface area contributed by atoms with Crippen LogP contribution in [0.3, 0.4) is 0 Å². The van der Waals surface area contributed by atoms with Crippen LogP contribution in [0.5, 0.6) is 0 Å². The number of nitrogen functional groups attached to an aromatic ring is 1. The Balaban J connectivity index is 3.36. The van der Waals surface area contributed by atoms with Gasteiger partial charge in [0.2, 0.25) is 11.6 Å². The van der Waals surface area contributed by atoms with Gasteiger partial charge in [-0.15, -0.1) is 0 Å². The first-order chi connectivity index (χ1) is 8.02. The summed E-state index contributed by atoms with van der Waals surface area (Å²) in [7, 11) is 0. The summed E-state index contributed by atoms with van der Waals surface area (Å²) < 4.78 is 0. The molecular weight excluding hydrogens is 224 g/mol. The minimum absolute atomic E-state index is 0.0131. The van der Waals surface area contributed by atoms with Gasteiger partial charge in [0.25, 0.3) is 0 Å². The summed E-state index contributed by atoms with van der Waals surface area (Å²) in [5.74, 6) is 5.50. The van der Waals surface area contributed by atoms with Crippen molar-refractivity contribution in [3.8, 4) is 0 Å². The number of rotatable bonds is 5. The third kappa shape index (κ3) is 2.59. The van der Waals surface area contributed by atoms with E-state index in [0.717, 1.165) is 0 Å². The number of aromatic nitrogens is 2. The lowest BCUT2D eigenvalue weighted by molar-refractivity contribution is -0.383. The number of nitrogens with two attached hydrogens (primary N) is 1. The van der Waals surface area contributed by atoms with Gasteiger partial charge in [0, 0.05) is 12.6 Å². The average Bonchev–Trinajstić information content (AvgIpc) is 2.28. The van der Waals surface area contributed by atoms with Crippen LogP contribution in [0.4, 0.5) is 17.3 Å². The number of hydrazine groups is 1. The van der Waals surface area contributed by atoms with Crippen molar-refractivity contribution < 1.29 is 4.92 Å². The number of nitrogens with zero attached hydrogens (tertiary/aromatic N) is 4. The molecule has 8 heteroatoms. The summed E-state index contributed by atoms with van der Waals surface area (Å²) in [6, 6.07) is 0.0965. The van der Waals surface area contributed by atoms with Gasteiger partial charge in [-0.1, -0.05) is 0 Å². The molecule has 0 aromatic carbocycles. The maximum atomic E-state index is 11.0.